The summed E-state index contributed by atoms with van der Waals surface area (Å²) in [6, 6.07) is 6.89. The van der Waals surface area contributed by atoms with E-state index in [0.29, 0.717) is 11.4 Å². The minimum absolute atomic E-state index is 0.0976. The van der Waals surface area contributed by atoms with Crippen molar-refractivity contribution in [2.24, 2.45) is 0 Å². The number of hydrogen-bond donors (Lipinski definition) is 7. The second-order valence-corrected chi connectivity index (χ2v) is 6.03. The number of benzene rings is 1. The molecular weight excluding hydrogens is 326 g/mol. The molecule has 1 aliphatic rings. The lowest BCUT2D eigenvalue weighted by atomic mass is 10.1. The van der Waals surface area contributed by atoms with Crippen LogP contribution in [0, 0.1) is 0 Å². The first-order chi connectivity index (χ1) is 12.0. The number of carbonyl (C=O) groups is 1. The molecule has 1 saturated heterocycles. The van der Waals surface area contributed by atoms with Gasteiger partial charge in [-0.2, -0.15) is 0 Å². The highest BCUT2D eigenvalue weighted by Gasteiger charge is 2.26. The number of aliphatic hydroxyl groups is 2. The fourth-order valence-corrected chi connectivity index (χ4v) is 2.59. The number of anilines is 1. The molecule has 0 saturated carbocycles. The number of hydrogen-bond acceptors (Lipinski definition) is 7. The Morgan fingerprint density at radius 3 is 2.96 bits per heavy atom. The molecule has 1 heterocycles. The van der Waals surface area contributed by atoms with Crippen LogP contribution in [0.15, 0.2) is 24.3 Å². The Morgan fingerprint density at radius 2 is 2.24 bits per heavy atom. The van der Waals surface area contributed by atoms with Gasteiger partial charge >= 0.3 is 6.03 Å². The fraction of sp³-hybridized carbons (Fsp3) is 0.562. The maximum absolute atomic E-state index is 12.2. The van der Waals surface area contributed by atoms with Gasteiger partial charge in [0.1, 0.15) is 12.0 Å². The molecule has 1 aromatic carbocycles. The number of aliphatic hydroxyl groups excluding tert-OH is 2. The van der Waals surface area contributed by atoms with E-state index in [1.165, 1.54) is 0 Å². The molecule has 9 heteroatoms. The maximum Gasteiger partial charge on any atom is 0.321 e. The molecule has 7 N–H and O–H groups in total. The molecular formula is C16H27N5O4. The highest BCUT2D eigenvalue weighted by Crippen LogP contribution is 2.16. The molecule has 4 atom stereocenters. The van der Waals surface area contributed by atoms with Gasteiger partial charge in [-0.05, 0) is 25.5 Å². The van der Waals surface area contributed by atoms with E-state index in [-0.39, 0.29) is 31.4 Å². The summed E-state index contributed by atoms with van der Waals surface area (Å²) >= 11 is 0. The summed E-state index contributed by atoms with van der Waals surface area (Å²) < 4.78 is 5.13. The molecule has 140 valence electrons. The van der Waals surface area contributed by atoms with Crippen LogP contribution in [-0.4, -0.2) is 61.1 Å². The first-order valence-corrected chi connectivity index (χ1v) is 8.26. The first-order valence-electron chi connectivity index (χ1n) is 8.26. The molecule has 2 rings (SSSR count). The Balaban J connectivity index is 1.84. The van der Waals surface area contributed by atoms with Gasteiger partial charge in [0, 0.05) is 24.3 Å². The third-order valence-corrected chi connectivity index (χ3v) is 3.82. The second kappa shape index (κ2) is 9.54. The van der Waals surface area contributed by atoms with E-state index >= 15 is 0 Å². The predicted octanol–water partition coefficient (Wildman–Crippen LogP) is -0.659. The molecule has 0 aromatic heterocycles. The van der Waals surface area contributed by atoms with Crippen LogP contribution in [0.4, 0.5) is 10.5 Å². The Bertz CT molecular complexity index is 559. The number of urea groups is 1. The second-order valence-electron chi connectivity index (χ2n) is 6.03. The summed E-state index contributed by atoms with van der Waals surface area (Å²) in [7, 11) is 1.57. The van der Waals surface area contributed by atoms with E-state index in [9.17, 15) is 9.90 Å². The van der Waals surface area contributed by atoms with Crippen LogP contribution in [0.2, 0.25) is 0 Å². The van der Waals surface area contributed by atoms with Gasteiger partial charge in [0.05, 0.1) is 26.0 Å². The van der Waals surface area contributed by atoms with Crippen molar-refractivity contribution < 1.29 is 19.7 Å². The first kappa shape index (κ1) is 19.4. The summed E-state index contributed by atoms with van der Waals surface area (Å²) in [6.07, 6.45) is -0.569. The zero-order chi connectivity index (χ0) is 18.2. The number of amides is 2. The van der Waals surface area contributed by atoms with Gasteiger partial charge in [-0.1, -0.05) is 6.07 Å². The molecule has 0 radical (unpaired) electrons. The topological polar surface area (TPSA) is 127 Å². The summed E-state index contributed by atoms with van der Waals surface area (Å²) in [5.41, 5.74) is 0.626. The number of rotatable bonds is 7. The molecule has 2 amide bonds. The normalized spacial score (nSPS) is 24.4. The van der Waals surface area contributed by atoms with Crippen LogP contribution >= 0.6 is 0 Å². The van der Waals surface area contributed by atoms with Crippen molar-refractivity contribution in [1.29, 1.82) is 0 Å². The lowest BCUT2D eigenvalue weighted by molar-refractivity contribution is 0.0853. The number of nitrogens with one attached hydrogen (secondary N) is 5. The van der Waals surface area contributed by atoms with Gasteiger partial charge in [0.15, 0.2) is 0 Å². The monoisotopic (exact) mass is 353 g/mol. The Hall–Kier alpha value is -1.91. The van der Waals surface area contributed by atoms with Crippen molar-refractivity contribution in [3.05, 3.63) is 24.3 Å². The Labute approximate surface area is 147 Å². The Morgan fingerprint density at radius 1 is 1.44 bits per heavy atom. The van der Waals surface area contributed by atoms with E-state index in [4.69, 9.17) is 9.84 Å². The van der Waals surface area contributed by atoms with Gasteiger partial charge in [0.2, 0.25) is 0 Å². The van der Waals surface area contributed by atoms with Gasteiger partial charge in [0.25, 0.3) is 0 Å². The molecule has 1 fully saturated rings. The fourth-order valence-electron chi connectivity index (χ4n) is 2.59. The quantitative estimate of drug-likeness (QED) is 0.347. The van der Waals surface area contributed by atoms with Gasteiger partial charge in [-0.25, -0.2) is 4.79 Å². The third kappa shape index (κ3) is 6.48. The van der Waals surface area contributed by atoms with Crippen LogP contribution in [0.5, 0.6) is 5.75 Å². The SMILES string of the molecule is COc1cccc(NC(=O)NC2NC(C)CC(NCC(O)CO)N2)c1. The average molecular weight is 353 g/mol. The Kier molecular flexibility index (Phi) is 7.41. The van der Waals surface area contributed by atoms with Gasteiger partial charge in [-0.3, -0.25) is 16.0 Å². The number of carbonyl (C=O) groups excluding carboxylic acids is 1. The molecule has 1 aliphatic heterocycles. The van der Waals surface area contributed by atoms with Crippen LogP contribution in [0.1, 0.15) is 13.3 Å². The van der Waals surface area contributed by atoms with Crippen molar-refractivity contribution in [2.75, 3.05) is 25.6 Å². The summed E-state index contributed by atoms with van der Waals surface area (Å²) in [4.78, 5) is 12.2. The molecule has 25 heavy (non-hydrogen) atoms. The summed E-state index contributed by atoms with van der Waals surface area (Å²) in [6.45, 7) is 1.98. The lowest BCUT2D eigenvalue weighted by Gasteiger charge is -2.37. The van der Waals surface area contributed by atoms with E-state index in [0.717, 1.165) is 6.42 Å². The molecule has 4 unspecified atom stereocenters. The van der Waals surface area contributed by atoms with E-state index < -0.39 is 12.4 Å². The van der Waals surface area contributed by atoms with E-state index in [2.05, 4.69) is 26.6 Å². The zero-order valence-corrected chi connectivity index (χ0v) is 14.5. The molecule has 0 bridgehead atoms. The van der Waals surface area contributed by atoms with Crippen molar-refractivity contribution in [1.82, 2.24) is 21.3 Å². The van der Waals surface area contributed by atoms with Crippen molar-refractivity contribution in [2.45, 2.75) is 37.9 Å². The maximum atomic E-state index is 12.2. The predicted molar refractivity (Wildman–Crippen MR) is 94.2 cm³/mol. The zero-order valence-electron chi connectivity index (χ0n) is 14.5. The standard InChI is InChI=1S/C16H27N5O4/c1-10-6-14(17-8-12(23)9-22)20-15(18-10)21-16(24)19-11-4-3-5-13(7-11)25-2/h3-5,7,10,12,14-15,17-18,20,22-23H,6,8-9H2,1-2H3,(H2,19,21,24). The molecule has 0 spiro atoms. The molecule has 0 aliphatic carbocycles. The van der Waals surface area contributed by atoms with Crippen molar-refractivity contribution in [3.63, 3.8) is 0 Å². The molecule has 1 aromatic rings. The van der Waals surface area contributed by atoms with Crippen LogP contribution in [0.25, 0.3) is 0 Å². The van der Waals surface area contributed by atoms with Crippen molar-refractivity contribution >= 4 is 11.7 Å². The number of methoxy groups -OCH3 is 1. The van der Waals surface area contributed by atoms with Crippen LogP contribution in [0.3, 0.4) is 0 Å². The highest BCUT2D eigenvalue weighted by molar-refractivity contribution is 5.89. The smallest absolute Gasteiger partial charge is 0.321 e. The van der Waals surface area contributed by atoms with Crippen LogP contribution < -0.4 is 31.3 Å². The summed E-state index contributed by atoms with van der Waals surface area (Å²) in [5, 5.41) is 33.4. The van der Waals surface area contributed by atoms with Gasteiger partial charge < -0.3 is 25.6 Å². The molecule has 9 nitrogen and oxygen atoms in total. The van der Waals surface area contributed by atoms with Crippen LogP contribution in [-0.2, 0) is 0 Å². The highest BCUT2D eigenvalue weighted by atomic mass is 16.5. The van der Waals surface area contributed by atoms with E-state index in [1.807, 2.05) is 6.92 Å². The average Bonchev–Trinajstić information content (AvgIpc) is 2.59. The third-order valence-electron chi connectivity index (χ3n) is 3.82. The minimum Gasteiger partial charge on any atom is -0.497 e. The van der Waals surface area contributed by atoms with Crippen molar-refractivity contribution in [3.8, 4) is 5.75 Å². The van der Waals surface area contributed by atoms with E-state index in [1.54, 1.807) is 31.4 Å². The number of ether oxygens (including phenoxy) is 1. The van der Waals surface area contributed by atoms with Gasteiger partial charge in [-0.15, -0.1) is 0 Å². The minimum atomic E-state index is -0.810. The largest absolute Gasteiger partial charge is 0.497 e. The summed E-state index contributed by atoms with van der Waals surface area (Å²) in [5.74, 6) is 0.659. The lowest BCUT2D eigenvalue weighted by Crippen LogP contribution is -2.68.